The van der Waals surface area contributed by atoms with Gasteiger partial charge in [0.15, 0.2) is 11.5 Å². The molecule has 5 rings (SSSR count). The maximum Gasteiger partial charge on any atom is 0.251 e. The Balaban J connectivity index is 1.39. The molecule has 1 heterocycles. The standard InChI is InChI=1S/C23H21NO5/c25-19-7-6-18(22(19)26)24-23(27)17-4-3-13-9-14(1-2-15(13)10-17)16-5-8-20-21(11-16)29-12-28-20/h1-5,8-11,18-19,22,25-26H,6-7,12H2,(H,24,27)/t18-,19-,22+/m1/s1. The van der Waals surface area contributed by atoms with E-state index in [1.165, 1.54) is 0 Å². The van der Waals surface area contributed by atoms with Gasteiger partial charge in [-0.3, -0.25) is 4.79 Å². The molecule has 148 valence electrons. The van der Waals surface area contributed by atoms with Crippen LogP contribution in [0.4, 0.5) is 0 Å². The fourth-order valence-corrected chi connectivity index (χ4v) is 4.01. The van der Waals surface area contributed by atoms with Crippen molar-refractivity contribution in [1.82, 2.24) is 5.32 Å². The van der Waals surface area contributed by atoms with Crippen LogP contribution in [0, 0.1) is 0 Å². The van der Waals surface area contributed by atoms with E-state index in [1.54, 1.807) is 6.07 Å². The molecule has 1 aliphatic heterocycles. The van der Waals surface area contributed by atoms with Gasteiger partial charge in [-0.2, -0.15) is 0 Å². The lowest BCUT2D eigenvalue weighted by Gasteiger charge is -2.18. The fourth-order valence-electron chi connectivity index (χ4n) is 4.01. The van der Waals surface area contributed by atoms with Gasteiger partial charge >= 0.3 is 0 Å². The van der Waals surface area contributed by atoms with Crippen molar-refractivity contribution in [3.05, 3.63) is 60.2 Å². The van der Waals surface area contributed by atoms with E-state index in [0.717, 1.165) is 33.4 Å². The highest BCUT2D eigenvalue weighted by atomic mass is 16.7. The number of amides is 1. The second-order valence-corrected chi connectivity index (χ2v) is 7.56. The minimum absolute atomic E-state index is 0.245. The third kappa shape index (κ3) is 3.30. The Morgan fingerprint density at radius 3 is 2.41 bits per heavy atom. The van der Waals surface area contributed by atoms with Gasteiger partial charge in [0.25, 0.3) is 5.91 Å². The summed E-state index contributed by atoms with van der Waals surface area (Å²) in [6.07, 6.45) is -0.623. The largest absolute Gasteiger partial charge is 0.454 e. The molecular formula is C23H21NO5. The first kappa shape index (κ1) is 18.0. The summed E-state index contributed by atoms with van der Waals surface area (Å²) < 4.78 is 10.8. The summed E-state index contributed by atoms with van der Waals surface area (Å²) in [5.41, 5.74) is 2.62. The molecule has 1 amide bonds. The molecule has 6 nitrogen and oxygen atoms in total. The maximum atomic E-state index is 12.6. The van der Waals surface area contributed by atoms with E-state index in [0.29, 0.717) is 18.4 Å². The molecule has 3 atom stereocenters. The third-order valence-electron chi connectivity index (χ3n) is 5.70. The summed E-state index contributed by atoms with van der Waals surface area (Å²) in [5, 5.41) is 24.4. The normalized spacial score (nSPS) is 22.8. The molecule has 0 aromatic heterocycles. The number of rotatable bonds is 3. The molecule has 1 saturated carbocycles. The first-order valence-electron chi connectivity index (χ1n) is 9.69. The second-order valence-electron chi connectivity index (χ2n) is 7.56. The van der Waals surface area contributed by atoms with Gasteiger partial charge in [0.2, 0.25) is 6.79 Å². The van der Waals surface area contributed by atoms with Gasteiger partial charge in [0.1, 0.15) is 6.10 Å². The molecule has 0 bridgehead atoms. The number of nitrogens with one attached hydrogen (secondary N) is 1. The van der Waals surface area contributed by atoms with Crippen molar-refractivity contribution in [3.8, 4) is 22.6 Å². The van der Waals surface area contributed by atoms with Crippen LogP contribution in [-0.4, -0.2) is 41.2 Å². The highest BCUT2D eigenvalue weighted by Crippen LogP contribution is 2.36. The molecular weight excluding hydrogens is 370 g/mol. The highest BCUT2D eigenvalue weighted by molar-refractivity contribution is 5.99. The van der Waals surface area contributed by atoms with Gasteiger partial charge < -0.3 is 25.0 Å². The second kappa shape index (κ2) is 7.06. The molecule has 6 heteroatoms. The highest BCUT2D eigenvalue weighted by Gasteiger charge is 2.34. The van der Waals surface area contributed by atoms with Crippen molar-refractivity contribution >= 4 is 16.7 Å². The summed E-state index contributed by atoms with van der Waals surface area (Å²) >= 11 is 0. The Morgan fingerprint density at radius 2 is 1.59 bits per heavy atom. The average molecular weight is 391 g/mol. The van der Waals surface area contributed by atoms with E-state index in [4.69, 9.17) is 9.47 Å². The molecule has 0 saturated heterocycles. The van der Waals surface area contributed by atoms with Crippen molar-refractivity contribution in [2.24, 2.45) is 0 Å². The Bertz CT molecular complexity index is 1100. The lowest BCUT2D eigenvalue weighted by atomic mass is 9.99. The first-order chi connectivity index (χ1) is 14.1. The molecule has 2 aliphatic rings. The van der Waals surface area contributed by atoms with Crippen LogP contribution in [0.1, 0.15) is 23.2 Å². The monoisotopic (exact) mass is 391 g/mol. The van der Waals surface area contributed by atoms with Crippen molar-refractivity contribution in [1.29, 1.82) is 0 Å². The van der Waals surface area contributed by atoms with Crippen LogP contribution in [-0.2, 0) is 0 Å². The van der Waals surface area contributed by atoms with Crippen LogP contribution in [0.5, 0.6) is 11.5 Å². The Hall–Kier alpha value is -3.09. The zero-order valence-corrected chi connectivity index (χ0v) is 15.7. The Morgan fingerprint density at radius 1 is 0.862 bits per heavy atom. The van der Waals surface area contributed by atoms with Gasteiger partial charge in [0, 0.05) is 5.56 Å². The van der Waals surface area contributed by atoms with E-state index in [9.17, 15) is 15.0 Å². The van der Waals surface area contributed by atoms with Crippen LogP contribution in [0.25, 0.3) is 21.9 Å². The number of ether oxygens (including phenoxy) is 2. The Kier molecular flexibility index (Phi) is 4.38. The quantitative estimate of drug-likeness (QED) is 0.639. The molecule has 0 spiro atoms. The summed E-state index contributed by atoms with van der Waals surface area (Å²) in [4.78, 5) is 12.6. The molecule has 3 aromatic rings. The Labute approximate surface area is 167 Å². The van der Waals surface area contributed by atoms with E-state index >= 15 is 0 Å². The molecule has 0 unspecified atom stereocenters. The lowest BCUT2D eigenvalue weighted by molar-refractivity contribution is 0.0296. The lowest BCUT2D eigenvalue weighted by Crippen LogP contribution is -2.42. The van der Waals surface area contributed by atoms with Crippen molar-refractivity contribution in [2.75, 3.05) is 6.79 Å². The smallest absolute Gasteiger partial charge is 0.251 e. The van der Waals surface area contributed by atoms with Crippen molar-refractivity contribution in [2.45, 2.75) is 31.1 Å². The summed E-state index contributed by atoms with van der Waals surface area (Å²) in [7, 11) is 0. The predicted octanol–water partition coefficient (Wildman–Crippen LogP) is 2.85. The molecule has 1 aliphatic carbocycles. The topological polar surface area (TPSA) is 88.0 Å². The molecule has 0 radical (unpaired) electrons. The van der Waals surface area contributed by atoms with Crippen LogP contribution in [0.3, 0.4) is 0 Å². The van der Waals surface area contributed by atoms with E-state index < -0.39 is 18.2 Å². The average Bonchev–Trinajstić information content (AvgIpc) is 3.34. The zero-order valence-electron chi connectivity index (χ0n) is 15.7. The molecule has 29 heavy (non-hydrogen) atoms. The number of aliphatic hydroxyl groups is 2. The van der Waals surface area contributed by atoms with Crippen LogP contribution in [0.2, 0.25) is 0 Å². The molecule has 3 aromatic carbocycles. The molecule has 3 N–H and O–H groups in total. The minimum Gasteiger partial charge on any atom is -0.454 e. The number of hydrogen-bond acceptors (Lipinski definition) is 5. The number of hydrogen-bond donors (Lipinski definition) is 3. The van der Waals surface area contributed by atoms with Gasteiger partial charge in [0.05, 0.1) is 12.1 Å². The number of benzene rings is 3. The van der Waals surface area contributed by atoms with Crippen molar-refractivity contribution < 1.29 is 24.5 Å². The van der Waals surface area contributed by atoms with Gasteiger partial charge in [-0.1, -0.05) is 24.3 Å². The maximum absolute atomic E-state index is 12.6. The predicted molar refractivity (Wildman–Crippen MR) is 108 cm³/mol. The van der Waals surface area contributed by atoms with Crippen LogP contribution >= 0.6 is 0 Å². The van der Waals surface area contributed by atoms with E-state index in [2.05, 4.69) is 11.4 Å². The minimum atomic E-state index is -0.913. The number of carbonyl (C=O) groups excluding carboxylic acids is 1. The summed E-state index contributed by atoms with van der Waals surface area (Å²) in [6.45, 7) is 0.248. The number of carbonyl (C=O) groups is 1. The summed E-state index contributed by atoms with van der Waals surface area (Å²) in [5.74, 6) is 1.25. The van der Waals surface area contributed by atoms with Gasteiger partial charge in [-0.25, -0.2) is 0 Å². The first-order valence-corrected chi connectivity index (χ1v) is 9.69. The van der Waals surface area contributed by atoms with E-state index in [-0.39, 0.29) is 12.7 Å². The zero-order chi connectivity index (χ0) is 20.0. The van der Waals surface area contributed by atoms with Gasteiger partial charge in [-0.15, -0.1) is 0 Å². The van der Waals surface area contributed by atoms with Crippen LogP contribution in [0.15, 0.2) is 54.6 Å². The SMILES string of the molecule is O=C(N[C@@H]1CC[C@@H](O)[C@H]1O)c1ccc2cc(-c3ccc4c(c3)OCO4)ccc2c1. The third-order valence-corrected chi connectivity index (χ3v) is 5.70. The van der Waals surface area contributed by atoms with Gasteiger partial charge in [-0.05, 0) is 65.1 Å². The van der Waals surface area contributed by atoms with Crippen LogP contribution < -0.4 is 14.8 Å². The van der Waals surface area contributed by atoms with E-state index in [1.807, 2.05) is 42.5 Å². The fraction of sp³-hybridized carbons (Fsp3) is 0.261. The molecule has 1 fully saturated rings. The number of aliphatic hydroxyl groups excluding tert-OH is 2. The number of fused-ring (bicyclic) bond motifs is 2. The summed E-state index contributed by atoms with van der Waals surface area (Å²) in [6, 6.07) is 17.1. The van der Waals surface area contributed by atoms with Crippen molar-refractivity contribution in [3.63, 3.8) is 0 Å².